The first-order chi connectivity index (χ1) is 9.95. The van der Waals surface area contributed by atoms with Crippen LogP contribution in [0.2, 0.25) is 0 Å². The minimum Gasteiger partial charge on any atom is -0.481 e. The van der Waals surface area contributed by atoms with E-state index in [0.29, 0.717) is 24.9 Å². The summed E-state index contributed by atoms with van der Waals surface area (Å²) in [7, 11) is 0. The van der Waals surface area contributed by atoms with Gasteiger partial charge in [0.1, 0.15) is 5.60 Å². The lowest BCUT2D eigenvalue weighted by atomic mass is 9.80. The summed E-state index contributed by atoms with van der Waals surface area (Å²) in [4.78, 5) is 25.3. The van der Waals surface area contributed by atoms with E-state index in [0.717, 1.165) is 6.42 Å². The Bertz CT molecular complexity index is 466. The minimum absolute atomic E-state index is 0.126. The van der Waals surface area contributed by atoms with Crippen LogP contribution in [0.3, 0.4) is 0 Å². The fraction of sp³-hybridized carbons (Fsp3) is 0.882. The summed E-state index contributed by atoms with van der Waals surface area (Å²) in [5.74, 6) is -0.0322. The number of carboxylic acid groups (broad SMARTS) is 1. The maximum absolute atomic E-state index is 12.2. The Labute approximate surface area is 133 Å². The molecule has 0 spiro atoms. The number of hydrogen-bond donors (Lipinski definition) is 1. The lowest BCUT2D eigenvalue weighted by molar-refractivity contribution is -0.139. The highest BCUT2D eigenvalue weighted by molar-refractivity contribution is 5.75. The third kappa shape index (κ3) is 3.23. The summed E-state index contributed by atoms with van der Waals surface area (Å²) in [5.41, 5.74) is -0.608. The van der Waals surface area contributed by atoms with Gasteiger partial charge >= 0.3 is 12.1 Å². The summed E-state index contributed by atoms with van der Waals surface area (Å²) in [6.07, 6.45) is 0.598. The number of hydrogen-bond acceptors (Lipinski definition) is 3. The van der Waals surface area contributed by atoms with Gasteiger partial charge in [-0.1, -0.05) is 20.8 Å². The number of carbonyl (C=O) groups excluding carboxylic acids is 1. The second-order valence-electron chi connectivity index (χ2n) is 8.52. The number of carbonyl (C=O) groups is 2. The first-order valence-electron chi connectivity index (χ1n) is 8.16. The Morgan fingerprint density at radius 2 is 1.86 bits per heavy atom. The highest BCUT2D eigenvalue weighted by Gasteiger charge is 2.65. The molecule has 0 aromatic heterocycles. The van der Waals surface area contributed by atoms with Crippen molar-refractivity contribution in [3.63, 3.8) is 0 Å². The van der Waals surface area contributed by atoms with Gasteiger partial charge in [-0.3, -0.25) is 4.79 Å². The molecule has 5 heteroatoms. The van der Waals surface area contributed by atoms with E-state index in [4.69, 9.17) is 4.74 Å². The fourth-order valence-corrected chi connectivity index (χ4v) is 4.14. The van der Waals surface area contributed by atoms with Crippen LogP contribution in [0.25, 0.3) is 0 Å². The van der Waals surface area contributed by atoms with Crippen molar-refractivity contribution in [1.82, 2.24) is 4.90 Å². The summed E-state index contributed by atoms with van der Waals surface area (Å²) in [5, 5.41) is 9.36. The molecule has 2 rings (SSSR count). The highest BCUT2D eigenvalue weighted by Crippen LogP contribution is 2.64. The van der Waals surface area contributed by atoms with Crippen LogP contribution < -0.4 is 0 Å². The molecule has 2 fully saturated rings. The van der Waals surface area contributed by atoms with Gasteiger partial charge < -0.3 is 14.7 Å². The molecule has 5 nitrogen and oxygen atoms in total. The van der Waals surface area contributed by atoms with E-state index >= 15 is 0 Å². The molecule has 0 aromatic rings. The van der Waals surface area contributed by atoms with E-state index in [1.54, 1.807) is 4.90 Å². The van der Waals surface area contributed by atoms with Gasteiger partial charge in [0.15, 0.2) is 0 Å². The molecular formula is C17H29NO4. The second kappa shape index (κ2) is 5.43. The largest absolute Gasteiger partial charge is 0.481 e. The van der Waals surface area contributed by atoms with E-state index in [1.165, 1.54) is 0 Å². The predicted octanol–water partition coefficient (Wildman–Crippen LogP) is 3.24. The van der Waals surface area contributed by atoms with Crippen LogP contribution in [0.5, 0.6) is 0 Å². The zero-order valence-electron chi connectivity index (χ0n) is 14.5. The standard InChI is InChI=1S/C17H29NO4/c1-10-9-18(15(21)22-16(2,3)4)8-7-11(10)12-13(14(19)20)17(12,5)6/h10-13H,7-9H2,1-6H3,(H,19,20). The van der Waals surface area contributed by atoms with Gasteiger partial charge in [0.2, 0.25) is 0 Å². The molecular weight excluding hydrogens is 282 g/mol. The van der Waals surface area contributed by atoms with Crippen molar-refractivity contribution >= 4 is 12.1 Å². The fourth-order valence-electron chi connectivity index (χ4n) is 4.14. The van der Waals surface area contributed by atoms with E-state index in [2.05, 4.69) is 6.92 Å². The third-order valence-electron chi connectivity index (χ3n) is 5.26. The van der Waals surface area contributed by atoms with Crippen molar-refractivity contribution in [3.8, 4) is 0 Å². The monoisotopic (exact) mass is 311 g/mol. The van der Waals surface area contributed by atoms with Gasteiger partial charge in [0, 0.05) is 13.1 Å². The Kier molecular flexibility index (Phi) is 4.22. The number of piperidine rings is 1. The number of likely N-dealkylation sites (tertiary alicyclic amines) is 1. The topological polar surface area (TPSA) is 66.8 Å². The van der Waals surface area contributed by atoms with E-state index in [9.17, 15) is 14.7 Å². The molecule has 1 saturated heterocycles. The minimum atomic E-state index is -0.684. The van der Waals surface area contributed by atoms with Gasteiger partial charge in [-0.05, 0) is 50.4 Å². The number of aliphatic carboxylic acids is 1. The number of nitrogens with zero attached hydrogens (tertiary/aromatic N) is 1. The number of carboxylic acids is 1. The van der Waals surface area contributed by atoms with E-state index in [-0.39, 0.29) is 23.3 Å². The molecule has 1 amide bonds. The maximum Gasteiger partial charge on any atom is 0.410 e. The Hall–Kier alpha value is -1.26. The maximum atomic E-state index is 12.2. The molecule has 1 saturated carbocycles. The molecule has 0 bridgehead atoms. The number of amides is 1. The quantitative estimate of drug-likeness (QED) is 0.850. The summed E-state index contributed by atoms with van der Waals surface area (Å²) in [6.45, 7) is 13.1. The average molecular weight is 311 g/mol. The summed E-state index contributed by atoms with van der Waals surface area (Å²) < 4.78 is 5.43. The molecule has 126 valence electrons. The smallest absolute Gasteiger partial charge is 0.410 e. The van der Waals surface area contributed by atoms with Crippen LogP contribution in [0.15, 0.2) is 0 Å². The van der Waals surface area contributed by atoms with Crippen molar-refractivity contribution in [3.05, 3.63) is 0 Å². The van der Waals surface area contributed by atoms with Gasteiger partial charge in [-0.2, -0.15) is 0 Å². The molecule has 1 aliphatic heterocycles. The van der Waals surface area contributed by atoms with Gasteiger partial charge in [-0.15, -0.1) is 0 Å². The first-order valence-corrected chi connectivity index (χ1v) is 8.16. The van der Waals surface area contributed by atoms with Crippen molar-refractivity contribution in [1.29, 1.82) is 0 Å². The zero-order chi connectivity index (χ0) is 16.9. The normalized spacial score (nSPS) is 34.2. The predicted molar refractivity (Wildman–Crippen MR) is 83.5 cm³/mol. The van der Waals surface area contributed by atoms with Gasteiger partial charge in [0.25, 0.3) is 0 Å². The Balaban J connectivity index is 1.97. The lowest BCUT2D eigenvalue weighted by Gasteiger charge is -2.38. The third-order valence-corrected chi connectivity index (χ3v) is 5.26. The first kappa shape index (κ1) is 17.1. The van der Waals surface area contributed by atoms with E-state index < -0.39 is 11.6 Å². The van der Waals surface area contributed by atoms with Gasteiger partial charge in [-0.25, -0.2) is 4.79 Å². The number of ether oxygens (including phenoxy) is 1. The van der Waals surface area contributed by atoms with Crippen molar-refractivity contribution in [2.75, 3.05) is 13.1 Å². The Morgan fingerprint density at radius 1 is 1.27 bits per heavy atom. The SMILES string of the molecule is CC1CN(C(=O)OC(C)(C)C)CCC1C1C(C(=O)O)C1(C)C. The van der Waals surface area contributed by atoms with Crippen molar-refractivity contribution in [2.45, 2.75) is 53.6 Å². The van der Waals surface area contributed by atoms with Crippen LogP contribution in [0.4, 0.5) is 4.79 Å². The molecule has 0 radical (unpaired) electrons. The molecule has 0 aromatic carbocycles. The highest BCUT2D eigenvalue weighted by atomic mass is 16.6. The summed E-state index contributed by atoms with van der Waals surface area (Å²) >= 11 is 0. The van der Waals surface area contributed by atoms with Crippen LogP contribution in [-0.2, 0) is 9.53 Å². The zero-order valence-corrected chi connectivity index (χ0v) is 14.5. The van der Waals surface area contributed by atoms with Crippen LogP contribution in [0.1, 0.15) is 48.0 Å². The van der Waals surface area contributed by atoms with Crippen molar-refractivity contribution in [2.24, 2.45) is 29.1 Å². The van der Waals surface area contributed by atoms with E-state index in [1.807, 2.05) is 34.6 Å². The second-order valence-corrected chi connectivity index (χ2v) is 8.52. The van der Waals surface area contributed by atoms with Crippen LogP contribution in [0, 0.1) is 29.1 Å². The molecule has 1 aliphatic carbocycles. The number of rotatable bonds is 2. The van der Waals surface area contributed by atoms with Gasteiger partial charge in [0.05, 0.1) is 5.92 Å². The average Bonchev–Trinajstić information content (AvgIpc) is 2.89. The molecule has 22 heavy (non-hydrogen) atoms. The summed E-state index contributed by atoms with van der Waals surface area (Å²) in [6, 6.07) is 0. The molecule has 1 heterocycles. The molecule has 1 N–H and O–H groups in total. The molecule has 4 atom stereocenters. The van der Waals surface area contributed by atoms with Crippen LogP contribution >= 0.6 is 0 Å². The lowest BCUT2D eigenvalue weighted by Crippen LogP contribution is -2.46. The molecule has 4 unspecified atom stereocenters. The Morgan fingerprint density at radius 3 is 2.27 bits per heavy atom. The molecule has 2 aliphatic rings. The van der Waals surface area contributed by atoms with Crippen LogP contribution in [-0.4, -0.2) is 40.8 Å². The van der Waals surface area contributed by atoms with Crippen molar-refractivity contribution < 1.29 is 19.4 Å².